The number of carbonyl (C=O) groups excluding carboxylic acids is 2. The van der Waals surface area contributed by atoms with Gasteiger partial charge in [0.25, 0.3) is 5.91 Å². The van der Waals surface area contributed by atoms with Gasteiger partial charge in [-0.1, -0.05) is 43.2 Å². The number of likely N-dealkylation sites (tertiary alicyclic amines) is 1. The summed E-state index contributed by atoms with van der Waals surface area (Å²) < 4.78 is 3.15. The Labute approximate surface area is 223 Å². The van der Waals surface area contributed by atoms with Gasteiger partial charge in [0.1, 0.15) is 5.82 Å². The van der Waals surface area contributed by atoms with Crippen molar-refractivity contribution in [1.29, 1.82) is 0 Å². The lowest BCUT2D eigenvalue weighted by Gasteiger charge is -2.49. The number of pyridine rings is 1. The maximum atomic E-state index is 13.4. The summed E-state index contributed by atoms with van der Waals surface area (Å²) in [6.45, 7) is 3.77. The van der Waals surface area contributed by atoms with Crippen LogP contribution in [0.15, 0.2) is 54.7 Å². The van der Waals surface area contributed by atoms with Gasteiger partial charge in [-0.05, 0) is 55.9 Å². The van der Waals surface area contributed by atoms with Gasteiger partial charge in [-0.2, -0.15) is 0 Å². The molecule has 1 aromatic carbocycles. The number of carbonyl (C=O) groups is 2. The van der Waals surface area contributed by atoms with E-state index < -0.39 is 0 Å². The lowest BCUT2D eigenvalue weighted by atomic mass is 9.67. The van der Waals surface area contributed by atoms with Crippen molar-refractivity contribution in [3.8, 4) is 0 Å². The minimum Gasteiger partial charge on any atom is -0.356 e. The highest BCUT2D eigenvalue weighted by Gasteiger charge is 2.45. The zero-order chi connectivity index (χ0) is 25.4. The quantitative estimate of drug-likeness (QED) is 0.425. The zero-order valence-electron chi connectivity index (χ0n) is 21.0. The lowest BCUT2D eigenvalue weighted by Crippen LogP contribution is -2.57. The van der Waals surface area contributed by atoms with Crippen LogP contribution in [0.4, 0.5) is 16.3 Å². The van der Waals surface area contributed by atoms with Crippen molar-refractivity contribution in [2.24, 2.45) is 5.41 Å². The molecular weight excluding hydrogens is 484 g/mol. The summed E-state index contributed by atoms with van der Waals surface area (Å²) in [6.07, 6.45) is 10.6. The van der Waals surface area contributed by atoms with Crippen LogP contribution in [0.25, 0.3) is 0 Å². The van der Waals surface area contributed by atoms with Gasteiger partial charge in [0.15, 0.2) is 0 Å². The Morgan fingerprint density at radius 3 is 2.68 bits per heavy atom. The predicted octanol–water partition coefficient (Wildman–Crippen LogP) is 3.74. The molecule has 8 nitrogen and oxygen atoms in total. The summed E-state index contributed by atoms with van der Waals surface area (Å²) in [6, 6.07) is 12.3. The summed E-state index contributed by atoms with van der Waals surface area (Å²) in [5.41, 5.74) is 2.79. The first-order valence-corrected chi connectivity index (χ1v) is 13.7. The van der Waals surface area contributed by atoms with Crippen LogP contribution in [-0.2, 0) is 6.42 Å². The number of urea groups is 1. The number of hydrogen-bond donors (Lipinski definition) is 3. The first-order valence-electron chi connectivity index (χ1n) is 13.3. The van der Waals surface area contributed by atoms with Crippen LogP contribution < -0.4 is 14.9 Å². The highest BCUT2D eigenvalue weighted by Crippen LogP contribution is 2.42. The van der Waals surface area contributed by atoms with Gasteiger partial charge >= 0.3 is 6.03 Å². The van der Waals surface area contributed by atoms with E-state index in [-0.39, 0.29) is 23.4 Å². The molecule has 9 heteroatoms. The normalized spacial score (nSPS) is 25.9. The second-order valence-corrected chi connectivity index (χ2v) is 10.9. The summed E-state index contributed by atoms with van der Waals surface area (Å²) in [5, 5.41) is 3.09. The molecule has 37 heavy (non-hydrogen) atoms. The number of hydrogen-bond acceptors (Lipinski definition) is 6. The summed E-state index contributed by atoms with van der Waals surface area (Å²) in [4.78, 5) is 37.2. The summed E-state index contributed by atoms with van der Waals surface area (Å²) in [5.74, 6) is 0.902. The Bertz CT molecular complexity index is 1210. The second-order valence-electron chi connectivity index (χ2n) is 10.7. The molecule has 0 radical (unpaired) electrons. The van der Waals surface area contributed by atoms with Crippen LogP contribution in [0.2, 0.25) is 0 Å². The average molecular weight is 519 g/mol. The molecule has 6 rings (SSSR count). The van der Waals surface area contributed by atoms with Crippen LogP contribution in [0.3, 0.4) is 0 Å². The maximum Gasteiger partial charge on any atom is 0.322 e. The molecular formula is C28H34N6O2S. The second kappa shape index (κ2) is 10.0. The van der Waals surface area contributed by atoms with Gasteiger partial charge in [0, 0.05) is 67.7 Å². The standard InChI is InChI=1S/C28H34N6O2S/c35-26(33-16-10-24(31-37)28(19-33)11-3-12-28)21-6-13-29-25(18-21)32-14-8-22(9-15-32)34-17-7-20-4-1-2-5-23(20)30-27(34)36/h1-6,11,13,18,22,24,31,37H,7-10,12,14-17,19H2,(H,30,36). The van der Waals surface area contributed by atoms with Gasteiger partial charge < -0.3 is 20.0 Å². The van der Waals surface area contributed by atoms with Crippen molar-refractivity contribution in [2.45, 2.75) is 44.2 Å². The number of piperidine rings is 2. The van der Waals surface area contributed by atoms with E-state index in [1.54, 1.807) is 6.20 Å². The van der Waals surface area contributed by atoms with Gasteiger partial charge in [0.05, 0.1) is 0 Å². The third kappa shape index (κ3) is 4.59. The number of allylic oxidation sites excluding steroid dienone is 1. The maximum absolute atomic E-state index is 13.4. The van der Waals surface area contributed by atoms with Crippen LogP contribution in [-0.4, -0.2) is 71.5 Å². The first-order chi connectivity index (χ1) is 18.1. The highest BCUT2D eigenvalue weighted by atomic mass is 32.1. The Morgan fingerprint density at radius 2 is 1.92 bits per heavy atom. The van der Waals surface area contributed by atoms with Crippen molar-refractivity contribution >= 4 is 36.3 Å². The number of anilines is 2. The molecule has 4 aliphatic rings. The van der Waals surface area contributed by atoms with Crippen molar-refractivity contribution in [3.63, 3.8) is 0 Å². The third-order valence-corrected chi connectivity index (χ3v) is 8.93. The number of aromatic nitrogens is 1. The SMILES string of the molecule is O=C(c1ccnc(N2CCC(N3CCc4ccccc4NC3=O)CC2)c1)N1CCC(NS)C2(C=CC2)C1. The van der Waals surface area contributed by atoms with Crippen LogP contribution in [0.1, 0.15) is 41.6 Å². The Hall–Kier alpha value is -3.04. The number of amides is 3. The molecule has 2 atom stereocenters. The molecule has 2 fully saturated rings. The van der Waals surface area contributed by atoms with Crippen molar-refractivity contribution in [1.82, 2.24) is 19.5 Å². The summed E-state index contributed by atoms with van der Waals surface area (Å²) in [7, 11) is 0. The molecule has 3 aliphatic heterocycles. The highest BCUT2D eigenvalue weighted by molar-refractivity contribution is 7.78. The molecule has 0 bridgehead atoms. The Morgan fingerprint density at radius 1 is 1.11 bits per heavy atom. The van der Waals surface area contributed by atoms with Crippen molar-refractivity contribution in [3.05, 3.63) is 65.9 Å². The average Bonchev–Trinajstić information content (AvgIpc) is 3.09. The van der Waals surface area contributed by atoms with E-state index in [0.717, 1.165) is 69.8 Å². The largest absolute Gasteiger partial charge is 0.356 e. The molecule has 1 spiro atoms. The van der Waals surface area contributed by atoms with Gasteiger partial charge in [-0.3, -0.25) is 9.52 Å². The molecule has 3 amide bonds. The lowest BCUT2D eigenvalue weighted by molar-refractivity contribution is 0.0512. The minimum absolute atomic E-state index is 0.00556. The van der Waals surface area contributed by atoms with E-state index in [4.69, 9.17) is 0 Å². The number of para-hydroxylation sites is 1. The number of fused-ring (bicyclic) bond motifs is 1. The monoisotopic (exact) mass is 518 g/mol. The van der Waals surface area contributed by atoms with E-state index in [1.165, 1.54) is 5.56 Å². The fourth-order valence-corrected chi connectivity index (χ4v) is 6.72. The van der Waals surface area contributed by atoms with Gasteiger partial charge in [-0.15, -0.1) is 0 Å². The van der Waals surface area contributed by atoms with E-state index >= 15 is 0 Å². The van der Waals surface area contributed by atoms with E-state index in [1.807, 2.05) is 40.1 Å². The molecule has 2 N–H and O–H groups in total. The molecule has 2 unspecified atom stereocenters. The number of benzene rings is 1. The fourth-order valence-electron chi connectivity index (χ4n) is 6.33. The van der Waals surface area contributed by atoms with Crippen LogP contribution in [0.5, 0.6) is 0 Å². The molecule has 0 saturated carbocycles. The van der Waals surface area contributed by atoms with Crippen molar-refractivity contribution < 1.29 is 9.59 Å². The number of thiol groups is 1. The molecule has 2 aromatic rings. The van der Waals surface area contributed by atoms with Crippen LogP contribution in [0, 0.1) is 5.41 Å². The summed E-state index contributed by atoms with van der Waals surface area (Å²) >= 11 is 4.32. The molecule has 2 saturated heterocycles. The van der Waals surface area contributed by atoms with E-state index in [0.29, 0.717) is 18.2 Å². The smallest absolute Gasteiger partial charge is 0.322 e. The fraction of sp³-hybridized carbons (Fsp3) is 0.464. The number of rotatable bonds is 4. The third-order valence-electron chi connectivity index (χ3n) is 8.62. The molecule has 4 heterocycles. The van der Waals surface area contributed by atoms with Crippen LogP contribution >= 0.6 is 12.8 Å². The number of nitrogens with zero attached hydrogens (tertiary/aromatic N) is 4. The van der Waals surface area contributed by atoms with E-state index in [2.05, 4.69) is 51.0 Å². The molecule has 194 valence electrons. The predicted molar refractivity (Wildman–Crippen MR) is 148 cm³/mol. The minimum atomic E-state index is -0.00918. The van der Waals surface area contributed by atoms with Gasteiger partial charge in [0.2, 0.25) is 0 Å². The Balaban J connectivity index is 1.09. The zero-order valence-corrected chi connectivity index (χ0v) is 21.9. The van der Waals surface area contributed by atoms with Gasteiger partial charge in [-0.25, -0.2) is 9.78 Å². The first kappa shape index (κ1) is 24.3. The number of nitrogens with one attached hydrogen (secondary N) is 2. The topological polar surface area (TPSA) is 80.8 Å². The Kier molecular flexibility index (Phi) is 6.58. The van der Waals surface area contributed by atoms with E-state index in [9.17, 15) is 9.59 Å². The molecule has 1 aromatic heterocycles. The van der Waals surface area contributed by atoms with Crippen molar-refractivity contribution in [2.75, 3.05) is 42.9 Å². The molecule has 1 aliphatic carbocycles.